The second-order valence-corrected chi connectivity index (χ2v) is 7.24. The summed E-state index contributed by atoms with van der Waals surface area (Å²) in [5, 5.41) is 13.4. The molecule has 0 radical (unpaired) electrons. The molecule has 0 fully saturated rings. The van der Waals surface area contributed by atoms with Crippen LogP contribution >= 0.6 is 11.6 Å². The largest absolute Gasteiger partial charge is 0.360 e. The second-order valence-electron chi connectivity index (χ2n) is 6.84. The van der Waals surface area contributed by atoms with Gasteiger partial charge in [0.05, 0.1) is 5.56 Å². The highest BCUT2D eigenvalue weighted by Gasteiger charge is 2.10. The first-order valence-electron chi connectivity index (χ1n) is 9.32. The highest BCUT2D eigenvalue weighted by atomic mass is 35.5. The molecule has 3 N–H and O–H groups in total. The molecule has 148 valence electrons. The summed E-state index contributed by atoms with van der Waals surface area (Å²) in [6.07, 6.45) is 3.92. The predicted molar refractivity (Wildman–Crippen MR) is 117 cm³/mol. The molecule has 4 aromatic rings. The fraction of sp³-hybridized carbons (Fsp3) is 0.0870. The van der Waals surface area contributed by atoms with Gasteiger partial charge in [-0.1, -0.05) is 23.7 Å². The van der Waals surface area contributed by atoms with Crippen LogP contribution in [0.4, 0.5) is 0 Å². The molecule has 0 atom stereocenters. The number of aromatic amines is 2. The normalized spacial score (nSPS) is 10.7. The van der Waals surface area contributed by atoms with E-state index in [0.29, 0.717) is 29.1 Å². The number of carbonyl (C=O) groups is 1. The Morgan fingerprint density at radius 3 is 2.67 bits per heavy atom. The lowest BCUT2D eigenvalue weighted by molar-refractivity contribution is 0.0954. The number of amides is 1. The number of fused-ring (bicyclic) bond motifs is 1. The summed E-state index contributed by atoms with van der Waals surface area (Å²) >= 11 is 6.35. The highest BCUT2D eigenvalue weighted by Crippen LogP contribution is 2.27. The van der Waals surface area contributed by atoms with Gasteiger partial charge in [-0.3, -0.25) is 9.59 Å². The van der Waals surface area contributed by atoms with Gasteiger partial charge in [-0.2, -0.15) is 5.26 Å². The molecule has 0 aliphatic heterocycles. The zero-order valence-corrected chi connectivity index (χ0v) is 16.6. The van der Waals surface area contributed by atoms with Gasteiger partial charge in [0.2, 0.25) is 5.56 Å². The lowest BCUT2D eigenvalue weighted by Crippen LogP contribution is -2.25. The van der Waals surface area contributed by atoms with E-state index in [2.05, 4.69) is 21.4 Å². The third-order valence-electron chi connectivity index (χ3n) is 4.89. The van der Waals surface area contributed by atoms with Gasteiger partial charge >= 0.3 is 0 Å². The molecule has 4 rings (SSSR count). The smallest absolute Gasteiger partial charge is 0.251 e. The minimum Gasteiger partial charge on any atom is -0.360 e. The van der Waals surface area contributed by atoms with E-state index in [1.54, 1.807) is 36.7 Å². The first kappa shape index (κ1) is 19.5. The fourth-order valence-corrected chi connectivity index (χ4v) is 3.60. The lowest BCUT2D eigenvalue weighted by Gasteiger charge is -2.09. The van der Waals surface area contributed by atoms with Crippen molar-refractivity contribution in [2.75, 3.05) is 6.54 Å². The van der Waals surface area contributed by atoms with Gasteiger partial charge in [0, 0.05) is 52.1 Å². The molecule has 0 saturated carbocycles. The van der Waals surface area contributed by atoms with E-state index >= 15 is 0 Å². The fourth-order valence-electron chi connectivity index (χ4n) is 3.31. The van der Waals surface area contributed by atoms with Crippen molar-refractivity contribution in [3.63, 3.8) is 0 Å². The van der Waals surface area contributed by atoms with Crippen molar-refractivity contribution >= 4 is 28.4 Å². The number of hydrogen-bond donors (Lipinski definition) is 3. The Hall–Kier alpha value is -3.82. The van der Waals surface area contributed by atoms with E-state index in [1.165, 1.54) is 6.07 Å². The average molecular weight is 417 g/mol. The van der Waals surface area contributed by atoms with Crippen molar-refractivity contribution in [2.45, 2.75) is 6.42 Å². The molecular weight excluding hydrogens is 400 g/mol. The highest BCUT2D eigenvalue weighted by molar-refractivity contribution is 6.33. The van der Waals surface area contributed by atoms with Gasteiger partial charge in [0.15, 0.2) is 0 Å². The summed E-state index contributed by atoms with van der Waals surface area (Å²) in [7, 11) is 0. The first-order chi connectivity index (χ1) is 14.5. The Kier molecular flexibility index (Phi) is 5.38. The molecule has 2 aromatic heterocycles. The average Bonchev–Trinajstić information content (AvgIpc) is 3.17. The number of nitrogens with zero attached hydrogens (tertiary/aromatic N) is 1. The van der Waals surface area contributed by atoms with Crippen molar-refractivity contribution in [3.05, 3.63) is 93.0 Å². The third-order valence-corrected chi connectivity index (χ3v) is 5.21. The molecule has 0 saturated heterocycles. The third kappa shape index (κ3) is 3.97. The van der Waals surface area contributed by atoms with Gasteiger partial charge in [0.1, 0.15) is 6.07 Å². The summed E-state index contributed by atoms with van der Waals surface area (Å²) in [6.45, 7) is 0.454. The zero-order chi connectivity index (χ0) is 21.1. The van der Waals surface area contributed by atoms with E-state index in [4.69, 9.17) is 16.9 Å². The number of carbonyl (C=O) groups excluding carboxylic acids is 1. The maximum atomic E-state index is 12.5. The van der Waals surface area contributed by atoms with E-state index in [0.717, 1.165) is 27.6 Å². The van der Waals surface area contributed by atoms with Crippen LogP contribution in [0, 0.1) is 11.3 Å². The van der Waals surface area contributed by atoms with E-state index in [9.17, 15) is 9.59 Å². The van der Waals surface area contributed by atoms with Gasteiger partial charge in [-0.25, -0.2) is 0 Å². The summed E-state index contributed by atoms with van der Waals surface area (Å²) in [5.41, 5.74) is 4.32. The molecule has 0 bridgehead atoms. The summed E-state index contributed by atoms with van der Waals surface area (Å²) in [4.78, 5) is 29.4. The van der Waals surface area contributed by atoms with Crippen LogP contribution in [-0.2, 0) is 6.42 Å². The monoisotopic (exact) mass is 416 g/mol. The van der Waals surface area contributed by atoms with Crippen molar-refractivity contribution in [2.24, 2.45) is 0 Å². The van der Waals surface area contributed by atoms with Crippen molar-refractivity contribution in [1.29, 1.82) is 5.26 Å². The number of halogens is 1. The van der Waals surface area contributed by atoms with Crippen LogP contribution < -0.4 is 10.9 Å². The molecule has 2 aromatic carbocycles. The van der Waals surface area contributed by atoms with Crippen molar-refractivity contribution in [3.8, 4) is 17.2 Å². The molecule has 2 heterocycles. The number of hydrogen-bond acceptors (Lipinski definition) is 3. The quantitative estimate of drug-likeness (QED) is 0.458. The standard InChI is InChI=1S/C23H17ClN4O2/c24-20-10-15(2-4-18(20)16-3-6-22(29)28-12-16)23(30)26-8-7-14-1-5-21-19(9-14)17(11-25)13-27-21/h1-6,9-10,12-13,27H,7-8H2,(H,26,30)(H,28,29). The number of pyridine rings is 1. The number of benzene rings is 2. The topological polar surface area (TPSA) is 102 Å². The predicted octanol–water partition coefficient (Wildman–Crippen LogP) is 4.02. The van der Waals surface area contributed by atoms with E-state index in [1.807, 2.05) is 18.2 Å². The molecule has 0 spiro atoms. The van der Waals surface area contributed by atoms with Crippen LogP contribution in [0.5, 0.6) is 0 Å². The maximum Gasteiger partial charge on any atom is 0.251 e. The Morgan fingerprint density at radius 2 is 1.93 bits per heavy atom. The van der Waals surface area contributed by atoms with E-state index < -0.39 is 0 Å². The molecule has 30 heavy (non-hydrogen) atoms. The van der Waals surface area contributed by atoms with Gasteiger partial charge < -0.3 is 15.3 Å². The minimum atomic E-state index is -0.217. The molecule has 0 aliphatic rings. The molecule has 7 heteroatoms. The number of nitriles is 1. The number of rotatable bonds is 5. The zero-order valence-electron chi connectivity index (χ0n) is 15.8. The Bertz CT molecular complexity index is 1330. The van der Waals surface area contributed by atoms with Gasteiger partial charge in [-0.05, 0) is 47.9 Å². The van der Waals surface area contributed by atoms with Crippen LogP contribution in [0.1, 0.15) is 21.5 Å². The van der Waals surface area contributed by atoms with Crippen LogP contribution in [0.2, 0.25) is 5.02 Å². The number of H-pyrrole nitrogens is 2. The summed E-state index contributed by atoms with van der Waals surface area (Å²) in [5.74, 6) is -0.217. The molecular formula is C23H17ClN4O2. The number of nitrogens with one attached hydrogen (secondary N) is 3. The van der Waals surface area contributed by atoms with Crippen LogP contribution in [0.25, 0.3) is 22.0 Å². The lowest BCUT2D eigenvalue weighted by atomic mass is 10.0. The van der Waals surface area contributed by atoms with Crippen LogP contribution in [-0.4, -0.2) is 22.4 Å². The first-order valence-corrected chi connectivity index (χ1v) is 9.70. The summed E-state index contributed by atoms with van der Waals surface area (Å²) in [6, 6.07) is 16.2. The molecule has 6 nitrogen and oxygen atoms in total. The number of aromatic nitrogens is 2. The Labute approximate surface area is 177 Å². The summed E-state index contributed by atoms with van der Waals surface area (Å²) < 4.78 is 0. The second kappa shape index (κ2) is 8.27. The van der Waals surface area contributed by atoms with Gasteiger partial charge in [0.25, 0.3) is 5.91 Å². The maximum absolute atomic E-state index is 12.5. The Morgan fingerprint density at radius 1 is 1.07 bits per heavy atom. The minimum absolute atomic E-state index is 0.189. The molecule has 1 amide bonds. The van der Waals surface area contributed by atoms with Gasteiger partial charge in [-0.15, -0.1) is 0 Å². The molecule has 0 aliphatic carbocycles. The van der Waals surface area contributed by atoms with Crippen molar-refractivity contribution < 1.29 is 4.79 Å². The molecule has 0 unspecified atom stereocenters. The SMILES string of the molecule is N#Cc1c[nH]c2ccc(CCNC(=O)c3ccc(-c4ccc(=O)[nH]c4)c(Cl)c3)cc12. The van der Waals surface area contributed by atoms with E-state index in [-0.39, 0.29) is 11.5 Å². The van der Waals surface area contributed by atoms with Crippen LogP contribution in [0.3, 0.4) is 0 Å². The van der Waals surface area contributed by atoms with Crippen molar-refractivity contribution in [1.82, 2.24) is 15.3 Å². The Balaban J connectivity index is 1.42. The van der Waals surface area contributed by atoms with Crippen LogP contribution in [0.15, 0.2) is 65.7 Å².